The maximum Gasteiger partial charge on any atom is 0.256 e. The van der Waals surface area contributed by atoms with Crippen molar-refractivity contribution in [1.29, 1.82) is 0 Å². The molecule has 1 N–H and O–H groups in total. The molecule has 2 aromatic heterocycles. The van der Waals surface area contributed by atoms with E-state index in [0.717, 1.165) is 17.0 Å². The number of amides is 1. The van der Waals surface area contributed by atoms with Crippen molar-refractivity contribution in [3.05, 3.63) is 70.2 Å². The van der Waals surface area contributed by atoms with E-state index >= 15 is 0 Å². The molecule has 1 amide bonds. The number of hydrogen-bond acceptors (Lipinski definition) is 6. The third-order valence-electron chi connectivity index (χ3n) is 4.52. The van der Waals surface area contributed by atoms with Gasteiger partial charge in [0.05, 0.1) is 11.4 Å². The number of carbonyl (C=O) groups is 1. The summed E-state index contributed by atoms with van der Waals surface area (Å²) in [5.74, 6) is 1.45. The van der Waals surface area contributed by atoms with Gasteiger partial charge in [-0.1, -0.05) is 23.7 Å². The molecule has 7 nitrogen and oxygen atoms in total. The van der Waals surface area contributed by atoms with Gasteiger partial charge < -0.3 is 14.8 Å². The van der Waals surface area contributed by atoms with Crippen LogP contribution in [0, 0.1) is 6.92 Å². The number of halogens is 1. The second kappa shape index (κ2) is 7.47. The van der Waals surface area contributed by atoms with Crippen LogP contribution in [0.15, 0.2) is 53.9 Å². The molecular formula is C21H15ClN4O3S. The Morgan fingerprint density at radius 3 is 2.77 bits per heavy atom. The SMILES string of the molecule is Cc1cc(NC(=O)c2ccc3c(c2)OCO3)n(-c2nc(-c3ccc(Cl)cc3)cs2)n1. The van der Waals surface area contributed by atoms with E-state index in [2.05, 4.69) is 15.4 Å². The van der Waals surface area contributed by atoms with Crippen LogP contribution in [0.5, 0.6) is 11.5 Å². The number of thiazole rings is 1. The Kier molecular flexibility index (Phi) is 4.65. The number of aromatic nitrogens is 3. The highest BCUT2D eigenvalue weighted by Crippen LogP contribution is 2.33. The molecule has 4 aromatic rings. The summed E-state index contributed by atoms with van der Waals surface area (Å²) in [4.78, 5) is 17.5. The summed E-state index contributed by atoms with van der Waals surface area (Å²) in [5, 5.41) is 10.7. The van der Waals surface area contributed by atoms with Crippen LogP contribution in [-0.2, 0) is 0 Å². The fraction of sp³-hybridized carbons (Fsp3) is 0.0952. The number of carbonyl (C=O) groups excluding carboxylic acids is 1. The van der Waals surface area contributed by atoms with Crippen LogP contribution in [0.4, 0.5) is 5.82 Å². The first kappa shape index (κ1) is 18.7. The monoisotopic (exact) mass is 438 g/mol. The van der Waals surface area contributed by atoms with Crippen LogP contribution >= 0.6 is 22.9 Å². The maximum absolute atomic E-state index is 12.8. The highest BCUT2D eigenvalue weighted by Gasteiger charge is 2.19. The first-order valence-electron chi connectivity index (χ1n) is 9.06. The molecule has 0 spiro atoms. The van der Waals surface area contributed by atoms with Gasteiger partial charge in [-0.3, -0.25) is 4.79 Å². The fourth-order valence-electron chi connectivity index (χ4n) is 3.08. The van der Waals surface area contributed by atoms with Crippen molar-refractivity contribution in [3.63, 3.8) is 0 Å². The number of benzene rings is 2. The van der Waals surface area contributed by atoms with Crippen LogP contribution in [-0.4, -0.2) is 27.5 Å². The Bertz CT molecular complexity index is 1250. The minimum atomic E-state index is -0.274. The highest BCUT2D eigenvalue weighted by molar-refractivity contribution is 7.12. The molecule has 9 heteroatoms. The molecule has 0 bridgehead atoms. The predicted molar refractivity (Wildman–Crippen MR) is 115 cm³/mol. The van der Waals surface area contributed by atoms with Gasteiger partial charge in [0.2, 0.25) is 11.9 Å². The van der Waals surface area contributed by atoms with Crippen molar-refractivity contribution in [2.24, 2.45) is 0 Å². The number of nitrogens with one attached hydrogen (secondary N) is 1. The molecule has 0 atom stereocenters. The average molecular weight is 439 g/mol. The van der Waals surface area contributed by atoms with Crippen LogP contribution < -0.4 is 14.8 Å². The van der Waals surface area contributed by atoms with Crippen molar-refractivity contribution in [2.45, 2.75) is 6.92 Å². The number of nitrogens with zero attached hydrogens (tertiary/aromatic N) is 3. The van der Waals surface area contributed by atoms with Crippen molar-refractivity contribution in [1.82, 2.24) is 14.8 Å². The quantitative estimate of drug-likeness (QED) is 0.488. The minimum Gasteiger partial charge on any atom is -0.454 e. The smallest absolute Gasteiger partial charge is 0.256 e. The standard InChI is InChI=1S/C21H15ClN4O3S/c1-12-8-19(24-20(27)14-4-7-17-18(9-14)29-11-28-17)26(25-12)21-23-16(10-30-21)13-2-5-15(22)6-3-13/h2-10H,11H2,1H3,(H,24,27). The van der Waals surface area contributed by atoms with E-state index in [1.54, 1.807) is 28.9 Å². The van der Waals surface area contributed by atoms with E-state index in [-0.39, 0.29) is 12.7 Å². The second-order valence-corrected chi connectivity index (χ2v) is 7.90. The Morgan fingerprint density at radius 1 is 1.13 bits per heavy atom. The van der Waals surface area contributed by atoms with Crippen molar-refractivity contribution >= 4 is 34.7 Å². The number of aryl methyl sites for hydroxylation is 1. The number of hydrogen-bond donors (Lipinski definition) is 1. The number of anilines is 1. The summed E-state index contributed by atoms with van der Waals surface area (Å²) in [6.07, 6.45) is 0. The molecule has 1 aliphatic heterocycles. The molecular weight excluding hydrogens is 424 g/mol. The molecule has 1 aliphatic rings. The van der Waals surface area contributed by atoms with E-state index in [1.807, 2.05) is 36.6 Å². The molecule has 2 aromatic carbocycles. The summed E-state index contributed by atoms with van der Waals surface area (Å²) in [6.45, 7) is 2.02. The van der Waals surface area contributed by atoms with Gasteiger partial charge in [-0.25, -0.2) is 4.98 Å². The van der Waals surface area contributed by atoms with Gasteiger partial charge in [0, 0.05) is 27.6 Å². The number of fused-ring (bicyclic) bond motifs is 1. The van der Waals surface area contributed by atoms with Gasteiger partial charge in [-0.05, 0) is 37.3 Å². The van der Waals surface area contributed by atoms with Crippen molar-refractivity contribution in [2.75, 3.05) is 12.1 Å². The topological polar surface area (TPSA) is 78.3 Å². The third kappa shape index (κ3) is 3.51. The van der Waals surface area contributed by atoms with Crippen molar-refractivity contribution < 1.29 is 14.3 Å². The van der Waals surface area contributed by atoms with Gasteiger partial charge in [-0.2, -0.15) is 9.78 Å². The lowest BCUT2D eigenvalue weighted by atomic mass is 10.2. The lowest BCUT2D eigenvalue weighted by molar-refractivity contribution is 0.102. The fourth-order valence-corrected chi connectivity index (χ4v) is 4.00. The molecule has 3 heterocycles. The first-order chi connectivity index (χ1) is 14.6. The van der Waals surface area contributed by atoms with Gasteiger partial charge >= 0.3 is 0 Å². The number of rotatable bonds is 4. The maximum atomic E-state index is 12.8. The molecule has 0 aliphatic carbocycles. The van der Waals surface area contributed by atoms with Gasteiger partial charge in [0.15, 0.2) is 11.5 Å². The molecule has 0 fully saturated rings. The van der Waals surface area contributed by atoms with Crippen LogP contribution in [0.3, 0.4) is 0 Å². The molecule has 0 saturated carbocycles. The largest absolute Gasteiger partial charge is 0.454 e. The Morgan fingerprint density at radius 2 is 1.93 bits per heavy atom. The van der Waals surface area contributed by atoms with Gasteiger partial charge in [0.25, 0.3) is 5.91 Å². The van der Waals surface area contributed by atoms with Gasteiger partial charge in [-0.15, -0.1) is 11.3 Å². The highest BCUT2D eigenvalue weighted by atomic mass is 35.5. The molecule has 0 saturated heterocycles. The van der Waals surface area contributed by atoms with E-state index in [0.29, 0.717) is 33.0 Å². The molecule has 0 radical (unpaired) electrons. The Labute approximate surface area is 180 Å². The van der Waals surface area contributed by atoms with Gasteiger partial charge in [0.1, 0.15) is 5.82 Å². The minimum absolute atomic E-state index is 0.159. The lowest BCUT2D eigenvalue weighted by Gasteiger charge is -2.07. The molecule has 150 valence electrons. The summed E-state index contributed by atoms with van der Waals surface area (Å²) in [5.41, 5.74) is 2.99. The summed E-state index contributed by atoms with van der Waals surface area (Å²) in [7, 11) is 0. The molecule has 30 heavy (non-hydrogen) atoms. The van der Waals surface area contributed by atoms with E-state index in [4.69, 9.17) is 21.1 Å². The predicted octanol–water partition coefficient (Wildman–Crippen LogP) is 4.94. The third-order valence-corrected chi connectivity index (χ3v) is 5.59. The number of ether oxygens (including phenoxy) is 2. The normalized spacial score (nSPS) is 12.2. The summed E-state index contributed by atoms with van der Waals surface area (Å²) >= 11 is 7.40. The lowest BCUT2D eigenvalue weighted by Crippen LogP contribution is -2.15. The molecule has 5 rings (SSSR count). The Hall–Kier alpha value is -3.36. The van der Waals surface area contributed by atoms with Crippen molar-refractivity contribution in [3.8, 4) is 27.9 Å². The zero-order chi connectivity index (χ0) is 20.7. The van der Waals surface area contributed by atoms with Crippen LogP contribution in [0.2, 0.25) is 5.02 Å². The van der Waals surface area contributed by atoms with E-state index < -0.39 is 0 Å². The van der Waals surface area contributed by atoms with Crippen LogP contribution in [0.25, 0.3) is 16.4 Å². The van der Waals surface area contributed by atoms with Crippen LogP contribution in [0.1, 0.15) is 16.1 Å². The summed E-state index contributed by atoms with van der Waals surface area (Å²) in [6, 6.07) is 14.4. The Balaban J connectivity index is 1.42. The second-order valence-electron chi connectivity index (χ2n) is 6.63. The zero-order valence-electron chi connectivity index (χ0n) is 15.8. The van der Waals surface area contributed by atoms with E-state index in [1.165, 1.54) is 11.3 Å². The average Bonchev–Trinajstić information content (AvgIpc) is 3.47. The van der Waals surface area contributed by atoms with E-state index in [9.17, 15) is 4.79 Å². The zero-order valence-corrected chi connectivity index (χ0v) is 17.3. The first-order valence-corrected chi connectivity index (χ1v) is 10.3. The summed E-state index contributed by atoms with van der Waals surface area (Å²) < 4.78 is 12.3. The molecule has 0 unspecified atom stereocenters.